The lowest BCUT2D eigenvalue weighted by Gasteiger charge is -2.35. The molecule has 162 valence electrons. The van der Waals surface area contributed by atoms with Crippen molar-refractivity contribution in [2.75, 3.05) is 47.2 Å². The first kappa shape index (κ1) is 22.1. The van der Waals surface area contributed by atoms with E-state index in [0.29, 0.717) is 24.7 Å². The van der Waals surface area contributed by atoms with Gasteiger partial charge in [-0.05, 0) is 35.4 Å². The lowest BCUT2D eigenvalue weighted by Crippen LogP contribution is -2.48. The van der Waals surface area contributed by atoms with Crippen LogP contribution in [-0.2, 0) is 17.8 Å². The molecule has 7 nitrogen and oxygen atoms in total. The van der Waals surface area contributed by atoms with Crippen molar-refractivity contribution in [3.05, 3.63) is 47.5 Å². The maximum Gasteiger partial charge on any atom is 0.231 e. The van der Waals surface area contributed by atoms with Gasteiger partial charge in [0.2, 0.25) is 12.7 Å². The number of nitrogens with zero attached hydrogens (tertiary/aromatic N) is 2. The van der Waals surface area contributed by atoms with Crippen molar-refractivity contribution < 1.29 is 23.7 Å². The predicted molar refractivity (Wildman–Crippen MR) is 115 cm³/mol. The monoisotopic (exact) mass is 434 g/mol. The number of ether oxygens (including phenoxy) is 4. The molecule has 0 bridgehead atoms. The molecule has 0 aromatic heterocycles. The number of hydrogen-bond acceptors (Lipinski definition) is 6. The smallest absolute Gasteiger partial charge is 0.231 e. The second-order valence-corrected chi connectivity index (χ2v) is 7.21. The van der Waals surface area contributed by atoms with Crippen LogP contribution in [0, 0.1) is 0 Å². The first-order valence-electron chi connectivity index (χ1n) is 9.76. The Balaban J connectivity index is 0.00000256. The van der Waals surface area contributed by atoms with E-state index in [2.05, 4.69) is 11.0 Å². The Morgan fingerprint density at radius 1 is 0.900 bits per heavy atom. The lowest BCUT2D eigenvalue weighted by molar-refractivity contribution is -0.132. The molecule has 2 aliphatic heterocycles. The highest BCUT2D eigenvalue weighted by molar-refractivity contribution is 5.85. The Hall–Kier alpha value is -2.64. The summed E-state index contributed by atoms with van der Waals surface area (Å²) in [4.78, 5) is 17.0. The predicted octanol–water partition coefficient (Wildman–Crippen LogP) is 2.74. The fourth-order valence-electron chi connectivity index (χ4n) is 3.73. The fourth-order valence-corrected chi connectivity index (χ4v) is 3.73. The molecule has 4 rings (SSSR count). The number of piperazine rings is 1. The molecular weight excluding hydrogens is 408 g/mol. The Kier molecular flexibility index (Phi) is 7.29. The van der Waals surface area contributed by atoms with Gasteiger partial charge in [-0.15, -0.1) is 12.4 Å². The van der Waals surface area contributed by atoms with Crippen LogP contribution in [-0.4, -0.2) is 62.9 Å². The summed E-state index contributed by atoms with van der Waals surface area (Å²) in [6, 6.07) is 11.7. The van der Waals surface area contributed by atoms with Crippen LogP contribution in [0.2, 0.25) is 0 Å². The van der Waals surface area contributed by atoms with Crippen molar-refractivity contribution in [1.29, 1.82) is 0 Å². The van der Waals surface area contributed by atoms with Gasteiger partial charge in [0.15, 0.2) is 23.0 Å². The Morgan fingerprint density at radius 2 is 1.60 bits per heavy atom. The number of benzene rings is 2. The second kappa shape index (κ2) is 9.91. The average molecular weight is 435 g/mol. The molecule has 0 N–H and O–H groups in total. The number of carbonyl (C=O) groups excluding carboxylic acids is 1. The number of amides is 1. The van der Waals surface area contributed by atoms with Gasteiger partial charge >= 0.3 is 0 Å². The molecule has 0 unspecified atom stereocenters. The van der Waals surface area contributed by atoms with Crippen molar-refractivity contribution in [3.8, 4) is 23.0 Å². The molecule has 0 atom stereocenters. The van der Waals surface area contributed by atoms with Gasteiger partial charge in [-0.25, -0.2) is 0 Å². The van der Waals surface area contributed by atoms with E-state index in [0.717, 1.165) is 49.8 Å². The molecular formula is C22H27ClN2O5. The lowest BCUT2D eigenvalue weighted by atomic mass is 10.1. The van der Waals surface area contributed by atoms with E-state index in [9.17, 15) is 4.79 Å². The highest BCUT2D eigenvalue weighted by Gasteiger charge is 2.22. The first-order chi connectivity index (χ1) is 14.2. The minimum absolute atomic E-state index is 0. The Morgan fingerprint density at radius 3 is 2.33 bits per heavy atom. The van der Waals surface area contributed by atoms with Gasteiger partial charge in [-0.2, -0.15) is 0 Å². The maximum atomic E-state index is 12.7. The molecule has 0 spiro atoms. The molecule has 2 aromatic carbocycles. The normalized spacial score (nSPS) is 15.5. The second-order valence-electron chi connectivity index (χ2n) is 7.21. The fraction of sp³-hybridized carbons (Fsp3) is 0.409. The summed E-state index contributed by atoms with van der Waals surface area (Å²) < 4.78 is 21.4. The number of carbonyl (C=O) groups is 1. The van der Waals surface area contributed by atoms with E-state index in [4.69, 9.17) is 18.9 Å². The van der Waals surface area contributed by atoms with E-state index >= 15 is 0 Å². The number of halogens is 1. The molecule has 0 saturated carbocycles. The molecule has 1 amide bonds. The molecule has 8 heteroatoms. The van der Waals surface area contributed by atoms with Crippen LogP contribution >= 0.6 is 12.4 Å². The largest absolute Gasteiger partial charge is 0.493 e. The average Bonchev–Trinajstić information content (AvgIpc) is 3.22. The van der Waals surface area contributed by atoms with E-state index in [1.807, 2.05) is 35.2 Å². The van der Waals surface area contributed by atoms with Gasteiger partial charge in [0, 0.05) is 32.7 Å². The first-order valence-corrected chi connectivity index (χ1v) is 9.76. The molecule has 1 saturated heterocycles. The summed E-state index contributed by atoms with van der Waals surface area (Å²) in [6.45, 7) is 4.31. The molecule has 2 aromatic rings. The number of fused-ring (bicyclic) bond motifs is 1. The third kappa shape index (κ3) is 4.91. The van der Waals surface area contributed by atoms with Crippen LogP contribution in [0.15, 0.2) is 36.4 Å². The number of methoxy groups -OCH3 is 2. The molecule has 0 aliphatic carbocycles. The summed E-state index contributed by atoms with van der Waals surface area (Å²) in [5.41, 5.74) is 2.12. The van der Waals surface area contributed by atoms with Crippen molar-refractivity contribution >= 4 is 18.3 Å². The summed E-state index contributed by atoms with van der Waals surface area (Å²) in [7, 11) is 3.20. The van der Waals surface area contributed by atoms with E-state index in [1.54, 1.807) is 14.2 Å². The Bertz CT molecular complexity index is 884. The zero-order chi connectivity index (χ0) is 20.2. The summed E-state index contributed by atoms with van der Waals surface area (Å²) in [5, 5.41) is 0. The molecule has 2 heterocycles. The van der Waals surface area contributed by atoms with Gasteiger partial charge in [0.1, 0.15) is 0 Å². The zero-order valence-corrected chi connectivity index (χ0v) is 18.1. The molecule has 2 aliphatic rings. The molecule has 1 fully saturated rings. The van der Waals surface area contributed by atoms with Crippen LogP contribution in [0.1, 0.15) is 11.1 Å². The van der Waals surface area contributed by atoms with Gasteiger partial charge in [0.25, 0.3) is 0 Å². The third-order valence-electron chi connectivity index (χ3n) is 5.37. The van der Waals surface area contributed by atoms with Gasteiger partial charge < -0.3 is 23.8 Å². The topological polar surface area (TPSA) is 60.5 Å². The van der Waals surface area contributed by atoms with Crippen molar-refractivity contribution in [2.24, 2.45) is 0 Å². The van der Waals surface area contributed by atoms with Gasteiger partial charge in [0.05, 0.1) is 20.6 Å². The highest BCUT2D eigenvalue weighted by atomic mass is 35.5. The van der Waals surface area contributed by atoms with E-state index in [-0.39, 0.29) is 18.3 Å². The SMILES string of the molecule is COc1ccc(CC(=O)N2CCN(Cc3ccc4c(c3)OCO4)CC2)cc1OC.Cl. The van der Waals surface area contributed by atoms with Crippen molar-refractivity contribution in [2.45, 2.75) is 13.0 Å². The van der Waals surface area contributed by atoms with Crippen molar-refractivity contribution in [3.63, 3.8) is 0 Å². The van der Waals surface area contributed by atoms with Crippen molar-refractivity contribution in [1.82, 2.24) is 9.80 Å². The quantitative estimate of drug-likeness (QED) is 0.696. The van der Waals surface area contributed by atoms with Crippen LogP contribution in [0.25, 0.3) is 0 Å². The standard InChI is InChI=1S/C22H26N2O5.ClH/c1-26-18-5-3-16(11-20(18)27-2)13-22(25)24-9-7-23(8-10-24)14-17-4-6-19-21(12-17)29-15-28-19;/h3-6,11-12H,7-10,13-15H2,1-2H3;1H. The van der Waals surface area contributed by atoms with Crippen LogP contribution in [0.4, 0.5) is 0 Å². The maximum absolute atomic E-state index is 12.7. The zero-order valence-electron chi connectivity index (χ0n) is 17.3. The highest BCUT2D eigenvalue weighted by Crippen LogP contribution is 2.33. The summed E-state index contributed by atoms with van der Waals surface area (Å²) in [6.07, 6.45) is 0.364. The molecule has 0 radical (unpaired) electrons. The Labute approximate surface area is 182 Å². The van der Waals surface area contributed by atoms with Gasteiger partial charge in [-0.3, -0.25) is 9.69 Å². The van der Waals surface area contributed by atoms with Gasteiger partial charge in [-0.1, -0.05) is 12.1 Å². The number of rotatable bonds is 6. The minimum Gasteiger partial charge on any atom is -0.493 e. The van der Waals surface area contributed by atoms with E-state index in [1.165, 1.54) is 5.56 Å². The van der Waals surface area contributed by atoms with Crippen LogP contribution < -0.4 is 18.9 Å². The molecule has 30 heavy (non-hydrogen) atoms. The van der Waals surface area contributed by atoms with E-state index < -0.39 is 0 Å². The summed E-state index contributed by atoms with van der Waals surface area (Å²) in [5.74, 6) is 3.07. The van der Waals surface area contributed by atoms with Crippen LogP contribution in [0.5, 0.6) is 23.0 Å². The summed E-state index contributed by atoms with van der Waals surface area (Å²) >= 11 is 0. The third-order valence-corrected chi connectivity index (χ3v) is 5.37. The number of hydrogen-bond donors (Lipinski definition) is 0. The van der Waals surface area contributed by atoms with Crippen LogP contribution in [0.3, 0.4) is 0 Å². The minimum atomic E-state index is 0.